The highest BCUT2D eigenvalue weighted by Crippen LogP contribution is 2.28. The lowest BCUT2D eigenvalue weighted by atomic mass is 10.1. The van der Waals surface area contributed by atoms with Gasteiger partial charge < -0.3 is 9.47 Å². The van der Waals surface area contributed by atoms with Crippen LogP contribution in [0, 0.1) is 11.3 Å². The molecule has 1 aliphatic rings. The molecule has 4 rings (SSSR count). The minimum atomic E-state index is 0.700. The van der Waals surface area contributed by atoms with E-state index >= 15 is 0 Å². The zero-order valence-electron chi connectivity index (χ0n) is 14.4. The van der Waals surface area contributed by atoms with Gasteiger partial charge in [0, 0.05) is 29.7 Å². The molecule has 0 amide bonds. The lowest BCUT2D eigenvalue weighted by molar-refractivity contribution is 0.625. The zero-order chi connectivity index (χ0) is 17.9. The molecule has 1 aromatic heterocycles. The molecule has 0 unspecified atom stereocenters. The Morgan fingerprint density at radius 3 is 2.81 bits per heavy atom. The average Bonchev–Trinajstić information content (AvgIpc) is 3.09. The van der Waals surface area contributed by atoms with Gasteiger partial charge in [-0.15, -0.1) is 0 Å². The van der Waals surface area contributed by atoms with Crippen molar-refractivity contribution in [3.8, 4) is 6.07 Å². The predicted molar refractivity (Wildman–Crippen MR) is 106 cm³/mol. The number of halogens is 1. The summed E-state index contributed by atoms with van der Waals surface area (Å²) in [5.41, 5.74) is 5.48. The van der Waals surface area contributed by atoms with Gasteiger partial charge >= 0.3 is 0 Å². The Hall–Kier alpha value is -2.58. The fraction of sp³-hybridized carbons (Fsp3) is 0.238. The van der Waals surface area contributed by atoms with Crippen molar-refractivity contribution in [1.82, 2.24) is 9.55 Å². The first-order valence-electron chi connectivity index (χ1n) is 8.76. The molecule has 0 radical (unpaired) electrons. The van der Waals surface area contributed by atoms with E-state index in [-0.39, 0.29) is 0 Å². The Morgan fingerprint density at radius 2 is 2.00 bits per heavy atom. The summed E-state index contributed by atoms with van der Waals surface area (Å²) in [5, 5.41) is 9.43. The molecule has 3 aromatic rings. The molecular weight excluding hydrogens is 388 g/mol. The SMILES string of the molecule is N#Cc1cc(Br)ccc1N1CCc2c(ncn2CCc2ccccc2)C1. The van der Waals surface area contributed by atoms with Crippen LogP contribution in [0.5, 0.6) is 0 Å². The quantitative estimate of drug-likeness (QED) is 0.647. The number of benzene rings is 2. The van der Waals surface area contributed by atoms with E-state index in [0.29, 0.717) is 5.56 Å². The molecule has 2 aromatic carbocycles. The summed E-state index contributed by atoms with van der Waals surface area (Å²) in [7, 11) is 0. The highest BCUT2D eigenvalue weighted by Gasteiger charge is 2.22. The third-order valence-electron chi connectivity index (χ3n) is 4.90. The van der Waals surface area contributed by atoms with Gasteiger partial charge in [-0.05, 0) is 30.2 Å². The van der Waals surface area contributed by atoms with Crippen molar-refractivity contribution in [2.75, 3.05) is 11.4 Å². The molecule has 0 saturated carbocycles. The molecule has 0 fully saturated rings. The van der Waals surface area contributed by atoms with Gasteiger partial charge in [0.2, 0.25) is 0 Å². The number of hydrogen-bond acceptors (Lipinski definition) is 3. The molecule has 4 nitrogen and oxygen atoms in total. The van der Waals surface area contributed by atoms with Crippen LogP contribution < -0.4 is 4.90 Å². The first-order valence-corrected chi connectivity index (χ1v) is 9.55. The van der Waals surface area contributed by atoms with Gasteiger partial charge in [0.1, 0.15) is 6.07 Å². The largest absolute Gasteiger partial charge is 0.364 e. The third-order valence-corrected chi connectivity index (χ3v) is 5.39. The van der Waals surface area contributed by atoms with Crippen LogP contribution in [0.2, 0.25) is 0 Å². The van der Waals surface area contributed by atoms with Crippen LogP contribution in [-0.2, 0) is 25.9 Å². The third kappa shape index (κ3) is 3.38. The normalized spacial score (nSPS) is 13.3. The number of aromatic nitrogens is 2. The van der Waals surface area contributed by atoms with Crippen LogP contribution in [-0.4, -0.2) is 16.1 Å². The number of rotatable bonds is 4. The monoisotopic (exact) mass is 406 g/mol. The van der Waals surface area contributed by atoms with Crippen LogP contribution in [0.15, 0.2) is 59.3 Å². The smallest absolute Gasteiger partial charge is 0.101 e. The summed E-state index contributed by atoms with van der Waals surface area (Å²) in [5.74, 6) is 0. The molecular formula is C21H19BrN4. The molecule has 26 heavy (non-hydrogen) atoms. The van der Waals surface area contributed by atoms with E-state index < -0.39 is 0 Å². The van der Waals surface area contributed by atoms with Crippen LogP contribution in [0.4, 0.5) is 5.69 Å². The molecule has 1 aliphatic heterocycles. The second-order valence-electron chi connectivity index (χ2n) is 6.51. The van der Waals surface area contributed by atoms with Gasteiger partial charge in [-0.3, -0.25) is 0 Å². The van der Waals surface area contributed by atoms with E-state index in [2.05, 4.69) is 66.8 Å². The second kappa shape index (κ2) is 7.35. The maximum Gasteiger partial charge on any atom is 0.101 e. The van der Waals surface area contributed by atoms with Gasteiger partial charge in [-0.2, -0.15) is 5.26 Å². The Morgan fingerprint density at radius 1 is 1.15 bits per heavy atom. The summed E-state index contributed by atoms with van der Waals surface area (Å²) < 4.78 is 3.22. The number of nitriles is 1. The number of nitrogens with zero attached hydrogens (tertiary/aromatic N) is 4. The van der Waals surface area contributed by atoms with Gasteiger partial charge in [0.05, 0.1) is 29.8 Å². The Bertz CT molecular complexity index is 956. The van der Waals surface area contributed by atoms with E-state index in [9.17, 15) is 5.26 Å². The van der Waals surface area contributed by atoms with E-state index in [1.54, 1.807) is 0 Å². The summed E-state index contributed by atoms with van der Waals surface area (Å²) in [4.78, 5) is 6.90. The van der Waals surface area contributed by atoms with Crippen molar-refractivity contribution >= 4 is 21.6 Å². The first-order chi connectivity index (χ1) is 12.7. The fourth-order valence-corrected chi connectivity index (χ4v) is 3.90. The molecule has 0 spiro atoms. The van der Waals surface area contributed by atoms with Crippen molar-refractivity contribution in [3.05, 3.63) is 81.8 Å². The molecule has 0 N–H and O–H groups in total. The topological polar surface area (TPSA) is 44.9 Å². The summed E-state index contributed by atoms with van der Waals surface area (Å²) >= 11 is 3.44. The fourth-order valence-electron chi connectivity index (χ4n) is 3.54. The molecule has 2 heterocycles. The number of hydrogen-bond donors (Lipinski definition) is 0. The van der Waals surface area contributed by atoms with Crippen LogP contribution in [0.1, 0.15) is 22.5 Å². The molecule has 0 aliphatic carbocycles. The molecule has 5 heteroatoms. The van der Waals surface area contributed by atoms with E-state index in [0.717, 1.165) is 48.3 Å². The number of fused-ring (bicyclic) bond motifs is 1. The Kier molecular flexibility index (Phi) is 4.77. The van der Waals surface area contributed by atoms with Gasteiger partial charge in [-0.1, -0.05) is 46.3 Å². The highest BCUT2D eigenvalue weighted by atomic mass is 79.9. The zero-order valence-corrected chi connectivity index (χ0v) is 16.0. The number of anilines is 1. The molecule has 130 valence electrons. The van der Waals surface area contributed by atoms with Gasteiger partial charge in [-0.25, -0.2) is 4.98 Å². The maximum absolute atomic E-state index is 9.43. The van der Waals surface area contributed by atoms with Crippen molar-refractivity contribution in [1.29, 1.82) is 5.26 Å². The average molecular weight is 407 g/mol. The lowest BCUT2D eigenvalue weighted by Gasteiger charge is -2.29. The second-order valence-corrected chi connectivity index (χ2v) is 7.43. The Labute approximate surface area is 161 Å². The molecule has 0 bridgehead atoms. The summed E-state index contributed by atoms with van der Waals surface area (Å²) in [6.45, 7) is 2.61. The van der Waals surface area contributed by atoms with E-state index in [1.165, 1.54) is 11.3 Å². The standard InChI is InChI=1S/C21H19BrN4/c22-18-6-7-20(17(12-18)13-23)25-11-9-21-19(14-25)24-15-26(21)10-8-16-4-2-1-3-5-16/h1-7,12,15H,8-11,14H2. The van der Waals surface area contributed by atoms with E-state index in [1.807, 2.05) is 24.5 Å². The van der Waals surface area contributed by atoms with Crippen molar-refractivity contribution < 1.29 is 0 Å². The number of imidazole rings is 1. The molecule has 0 atom stereocenters. The van der Waals surface area contributed by atoms with Crippen LogP contribution in [0.3, 0.4) is 0 Å². The minimum absolute atomic E-state index is 0.700. The van der Waals surface area contributed by atoms with Crippen molar-refractivity contribution in [2.24, 2.45) is 0 Å². The highest BCUT2D eigenvalue weighted by molar-refractivity contribution is 9.10. The first kappa shape index (κ1) is 16.9. The maximum atomic E-state index is 9.43. The van der Waals surface area contributed by atoms with E-state index in [4.69, 9.17) is 0 Å². The lowest BCUT2D eigenvalue weighted by Crippen LogP contribution is -2.31. The predicted octanol–water partition coefficient (Wildman–Crippen LogP) is 4.32. The Balaban J connectivity index is 1.51. The molecule has 0 saturated heterocycles. The summed E-state index contributed by atoms with van der Waals surface area (Å²) in [6, 6.07) is 18.7. The van der Waals surface area contributed by atoms with Crippen LogP contribution in [0.25, 0.3) is 0 Å². The van der Waals surface area contributed by atoms with Gasteiger partial charge in [0.25, 0.3) is 0 Å². The van der Waals surface area contributed by atoms with Crippen molar-refractivity contribution in [2.45, 2.75) is 25.9 Å². The minimum Gasteiger partial charge on any atom is -0.364 e. The van der Waals surface area contributed by atoms with Crippen LogP contribution >= 0.6 is 15.9 Å². The van der Waals surface area contributed by atoms with Gasteiger partial charge in [0.15, 0.2) is 0 Å². The summed E-state index contributed by atoms with van der Waals surface area (Å²) in [6.07, 6.45) is 3.92. The number of aryl methyl sites for hydroxylation is 2. The van der Waals surface area contributed by atoms with Crippen molar-refractivity contribution in [3.63, 3.8) is 0 Å².